The predicted molar refractivity (Wildman–Crippen MR) is 263 cm³/mol. The van der Waals surface area contributed by atoms with E-state index >= 15 is 0 Å². The van der Waals surface area contributed by atoms with E-state index in [1.54, 1.807) is 0 Å². The molecule has 0 saturated carbocycles. The van der Waals surface area contributed by atoms with Crippen molar-refractivity contribution < 1.29 is 0 Å². The van der Waals surface area contributed by atoms with E-state index in [1.807, 2.05) is 18.2 Å². The quantitative estimate of drug-likeness (QED) is 0.153. The van der Waals surface area contributed by atoms with Crippen LogP contribution in [-0.4, -0.2) is 9.97 Å². The first-order chi connectivity index (χ1) is 31.0. The van der Waals surface area contributed by atoms with Crippen molar-refractivity contribution in [2.75, 3.05) is 0 Å². The average molecular weight is 805 g/mol. The van der Waals surface area contributed by atoms with Crippen molar-refractivity contribution in [1.82, 2.24) is 9.97 Å². The van der Waals surface area contributed by atoms with Crippen LogP contribution in [0.5, 0.6) is 0 Å². The Balaban J connectivity index is 1.01. The molecule has 0 spiro atoms. The molecule has 2 nitrogen and oxygen atoms in total. The summed E-state index contributed by atoms with van der Waals surface area (Å²) in [6, 6.07) is 82.9. The number of nitrogens with zero attached hydrogens (tertiary/aromatic N) is 2. The molecule has 0 saturated heterocycles. The first-order valence-electron chi connectivity index (χ1n) is 21.7. The largest absolute Gasteiger partial charge is 0.228 e. The van der Waals surface area contributed by atoms with Gasteiger partial charge in [-0.25, -0.2) is 9.97 Å². The molecule has 1 aromatic heterocycles. The lowest BCUT2D eigenvalue weighted by Crippen LogP contribution is -2.15. The van der Waals surface area contributed by atoms with Crippen LogP contribution in [0.4, 0.5) is 0 Å². The van der Waals surface area contributed by atoms with Gasteiger partial charge in [-0.05, 0) is 114 Å². The minimum atomic E-state index is -0.125. The van der Waals surface area contributed by atoms with Gasteiger partial charge in [-0.3, -0.25) is 0 Å². The summed E-state index contributed by atoms with van der Waals surface area (Å²) in [7, 11) is 0. The third kappa shape index (κ3) is 7.16. The Morgan fingerprint density at radius 3 is 1.27 bits per heavy atom. The number of hydrogen-bond acceptors (Lipinski definition) is 2. The molecule has 63 heavy (non-hydrogen) atoms. The topological polar surface area (TPSA) is 25.8 Å². The van der Waals surface area contributed by atoms with E-state index in [9.17, 15) is 0 Å². The number of aromatic nitrogens is 2. The summed E-state index contributed by atoms with van der Waals surface area (Å²) in [5.74, 6) is 0.701. The lowest BCUT2D eigenvalue weighted by Gasteiger charge is -2.23. The number of rotatable bonds is 8. The Labute approximate surface area is 369 Å². The van der Waals surface area contributed by atoms with Crippen LogP contribution in [0.3, 0.4) is 0 Å². The van der Waals surface area contributed by atoms with Gasteiger partial charge in [-0.1, -0.05) is 208 Å². The molecular formula is C61H44N2. The standard InChI is InChI=1S/C61H44N2/c1-61(2)56-30-13-12-29-52(56)55-38-53(44-33-31-43(32-34-44)41-17-6-3-7-18-41)54(39-57(55)61)49-26-14-24-47(35-49)48-25-16-28-51(37-48)59-40-58(62-60(63-59)45-21-10-5-11-22-45)50-27-15-23-46(36-50)42-19-8-4-9-20-42/h3-40H,1-2H3. The first-order valence-corrected chi connectivity index (χ1v) is 21.7. The Morgan fingerprint density at radius 1 is 0.254 bits per heavy atom. The Kier molecular flexibility index (Phi) is 9.55. The molecule has 9 aromatic carbocycles. The second-order valence-corrected chi connectivity index (χ2v) is 17.0. The highest BCUT2D eigenvalue weighted by atomic mass is 14.9. The maximum atomic E-state index is 5.20. The minimum absolute atomic E-state index is 0.125. The van der Waals surface area contributed by atoms with E-state index in [-0.39, 0.29) is 5.41 Å². The van der Waals surface area contributed by atoms with Crippen LogP contribution in [-0.2, 0) is 5.41 Å². The van der Waals surface area contributed by atoms with Gasteiger partial charge in [0.1, 0.15) is 0 Å². The predicted octanol–water partition coefficient (Wildman–Crippen LogP) is 16.1. The van der Waals surface area contributed by atoms with Crippen LogP contribution in [0.25, 0.3) is 101 Å². The molecule has 1 heterocycles. The van der Waals surface area contributed by atoms with Gasteiger partial charge in [0, 0.05) is 22.1 Å². The van der Waals surface area contributed by atoms with Gasteiger partial charge in [-0.2, -0.15) is 0 Å². The van der Waals surface area contributed by atoms with Crippen molar-refractivity contribution in [3.63, 3.8) is 0 Å². The highest BCUT2D eigenvalue weighted by molar-refractivity contribution is 5.94. The maximum absolute atomic E-state index is 5.20. The summed E-state index contributed by atoms with van der Waals surface area (Å²) in [5.41, 5.74) is 22.0. The molecule has 0 radical (unpaired) electrons. The molecular weight excluding hydrogens is 761 g/mol. The molecule has 0 unspecified atom stereocenters. The molecule has 0 atom stereocenters. The van der Waals surface area contributed by atoms with Gasteiger partial charge in [0.25, 0.3) is 0 Å². The molecule has 0 bridgehead atoms. The summed E-state index contributed by atoms with van der Waals surface area (Å²) in [6.07, 6.45) is 0. The third-order valence-corrected chi connectivity index (χ3v) is 12.7. The Hall–Kier alpha value is -7.94. The molecule has 10 aromatic rings. The fourth-order valence-electron chi connectivity index (χ4n) is 9.37. The molecule has 1 aliphatic carbocycles. The van der Waals surface area contributed by atoms with Crippen LogP contribution >= 0.6 is 0 Å². The Bertz CT molecular complexity index is 3280. The van der Waals surface area contributed by atoms with E-state index in [4.69, 9.17) is 9.97 Å². The molecule has 0 aliphatic heterocycles. The third-order valence-electron chi connectivity index (χ3n) is 12.7. The van der Waals surface area contributed by atoms with Crippen LogP contribution in [0.1, 0.15) is 25.0 Å². The SMILES string of the molecule is CC1(C)c2ccccc2-c2cc(-c3ccc(-c4ccccc4)cc3)c(-c3cccc(-c4cccc(-c5cc(-c6cccc(-c7ccccc7)c6)nc(-c6ccccc6)n5)c4)c3)cc21. The number of fused-ring (bicyclic) bond motifs is 3. The van der Waals surface area contributed by atoms with E-state index in [0.717, 1.165) is 44.8 Å². The molecule has 298 valence electrons. The average Bonchev–Trinajstić information content (AvgIpc) is 3.59. The lowest BCUT2D eigenvalue weighted by molar-refractivity contribution is 0.660. The van der Waals surface area contributed by atoms with Gasteiger partial charge in [0.15, 0.2) is 5.82 Å². The molecule has 1 aliphatic rings. The van der Waals surface area contributed by atoms with Gasteiger partial charge in [0.05, 0.1) is 11.4 Å². The van der Waals surface area contributed by atoms with E-state index in [0.29, 0.717) is 5.82 Å². The monoisotopic (exact) mass is 804 g/mol. The molecule has 2 heteroatoms. The minimum Gasteiger partial charge on any atom is -0.228 e. The van der Waals surface area contributed by atoms with Gasteiger partial charge in [0.2, 0.25) is 0 Å². The summed E-state index contributed by atoms with van der Waals surface area (Å²) in [5, 5.41) is 0. The second kappa shape index (κ2) is 15.8. The van der Waals surface area contributed by atoms with Gasteiger partial charge >= 0.3 is 0 Å². The fourth-order valence-corrected chi connectivity index (χ4v) is 9.37. The van der Waals surface area contributed by atoms with Crippen molar-refractivity contribution in [3.8, 4) is 101 Å². The zero-order valence-corrected chi connectivity index (χ0v) is 35.3. The molecule has 0 N–H and O–H groups in total. The smallest absolute Gasteiger partial charge is 0.160 e. The second-order valence-electron chi connectivity index (χ2n) is 17.0. The highest BCUT2D eigenvalue weighted by Gasteiger charge is 2.36. The van der Waals surface area contributed by atoms with Crippen molar-refractivity contribution in [1.29, 1.82) is 0 Å². The number of hydrogen-bond donors (Lipinski definition) is 0. The summed E-state index contributed by atoms with van der Waals surface area (Å²) in [6.45, 7) is 4.72. The normalized spacial score (nSPS) is 12.4. The van der Waals surface area contributed by atoms with Crippen molar-refractivity contribution in [2.45, 2.75) is 19.3 Å². The van der Waals surface area contributed by atoms with E-state index in [1.165, 1.54) is 61.2 Å². The number of benzene rings is 9. The van der Waals surface area contributed by atoms with Crippen molar-refractivity contribution in [3.05, 3.63) is 242 Å². The van der Waals surface area contributed by atoms with Crippen LogP contribution in [0.15, 0.2) is 231 Å². The molecule has 11 rings (SSSR count). The van der Waals surface area contributed by atoms with Crippen LogP contribution in [0.2, 0.25) is 0 Å². The van der Waals surface area contributed by atoms with Gasteiger partial charge in [-0.15, -0.1) is 0 Å². The fraction of sp³-hybridized carbons (Fsp3) is 0.0492. The van der Waals surface area contributed by atoms with Crippen LogP contribution in [0, 0.1) is 0 Å². The Morgan fingerprint density at radius 2 is 0.667 bits per heavy atom. The summed E-state index contributed by atoms with van der Waals surface area (Å²) >= 11 is 0. The lowest BCUT2D eigenvalue weighted by atomic mass is 9.80. The maximum Gasteiger partial charge on any atom is 0.160 e. The van der Waals surface area contributed by atoms with E-state index < -0.39 is 0 Å². The van der Waals surface area contributed by atoms with Gasteiger partial charge < -0.3 is 0 Å². The molecule has 0 amide bonds. The highest BCUT2D eigenvalue weighted by Crippen LogP contribution is 2.52. The van der Waals surface area contributed by atoms with Crippen molar-refractivity contribution >= 4 is 0 Å². The van der Waals surface area contributed by atoms with Crippen LogP contribution < -0.4 is 0 Å². The molecule has 0 fully saturated rings. The summed E-state index contributed by atoms with van der Waals surface area (Å²) in [4.78, 5) is 10.4. The van der Waals surface area contributed by atoms with E-state index in [2.05, 4.69) is 226 Å². The van der Waals surface area contributed by atoms with Crippen molar-refractivity contribution in [2.24, 2.45) is 0 Å². The summed E-state index contributed by atoms with van der Waals surface area (Å²) < 4.78 is 0. The zero-order chi connectivity index (χ0) is 42.3. The first kappa shape index (κ1) is 38.0. The zero-order valence-electron chi connectivity index (χ0n) is 35.3.